The molecule has 0 saturated heterocycles. The molecule has 0 aliphatic carbocycles. The van der Waals surface area contributed by atoms with E-state index in [1.807, 2.05) is 0 Å². The van der Waals surface area contributed by atoms with Gasteiger partial charge in [-0.3, -0.25) is 0 Å². The molecule has 0 aliphatic heterocycles. The van der Waals surface area contributed by atoms with Crippen LogP contribution in [-0.2, 0) is 0 Å². The molecule has 1 aromatic carbocycles. The summed E-state index contributed by atoms with van der Waals surface area (Å²) in [5.74, 6) is 0.850. The molecule has 1 rings (SSSR count). The third-order valence-corrected chi connectivity index (χ3v) is 5.22. The van der Waals surface area contributed by atoms with Crippen LogP contribution in [0.3, 0.4) is 0 Å². The molecule has 0 radical (unpaired) electrons. The zero-order valence-electron chi connectivity index (χ0n) is 16.3. The molecule has 0 fully saturated rings. The third-order valence-electron chi connectivity index (χ3n) is 5.22. The van der Waals surface area contributed by atoms with E-state index >= 15 is 0 Å². The molecule has 0 spiro atoms. The third kappa shape index (κ3) is 6.75. The molecule has 2 unspecified atom stereocenters. The van der Waals surface area contributed by atoms with Crippen LogP contribution < -0.4 is 0 Å². The fourth-order valence-electron chi connectivity index (χ4n) is 3.40. The minimum absolute atomic E-state index is 0.0447. The zero-order valence-corrected chi connectivity index (χ0v) is 16.3. The average molecular weight is 335 g/mol. The fourth-order valence-corrected chi connectivity index (χ4v) is 3.40. The molecule has 138 valence electrons. The number of benzene rings is 1. The molecule has 2 nitrogen and oxygen atoms in total. The monoisotopic (exact) mass is 334 g/mol. The van der Waals surface area contributed by atoms with Crippen molar-refractivity contribution in [1.82, 2.24) is 0 Å². The second-order valence-electron chi connectivity index (χ2n) is 7.48. The molecule has 0 heterocycles. The van der Waals surface area contributed by atoms with Crippen molar-refractivity contribution in [3.63, 3.8) is 0 Å². The van der Waals surface area contributed by atoms with E-state index in [1.54, 1.807) is 6.07 Å². The van der Waals surface area contributed by atoms with Crippen LogP contribution in [0.25, 0.3) is 0 Å². The van der Waals surface area contributed by atoms with Gasteiger partial charge in [0.15, 0.2) is 11.5 Å². The van der Waals surface area contributed by atoms with Crippen LogP contribution in [0.2, 0.25) is 0 Å². The Kier molecular flexibility index (Phi) is 9.90. The first-order chi connectivity index (χ1) is 11.5. The van der Waals surface area contributed by atoms with Crippen LogP contribution in [0.1, 0.15) is 115 Å². The highest BCUT2D eigenvalue weighted by molar-refractivity contribution is 5.49. The molecule has 2 N–H and O–H groups in total. The van der Waals surface area contributed by atoms with E-state index in [0.717, 1.165) is 24.0 Å². The van der Waals surface area contributed by atoms with Gasteiger partial charge in [0.05, 0.1) is 0 Å². The van der Waals surface area contributed by atoms with Gasteiger partial charge in [0.25, 0.3) is 0 Å². The van der Waals surface area contributed by atoms with Gasteiger partial charge < -0.3 is 10.2 Å². The summed E-state index contributed by atoms with van der Waals surface area (Å²) in [7, 11) is 0. The molecule has 0 bridgehead atoms. The second-order valence-corrected chi connectivity index (χ2v) is 7.48. The van der Waals surface area contributed by atoms with Crippen LogP contribution in [0, 0.1) is 0 Å². The van der Waals surface area contributed by atoms with Crippen LogP contribution in [-0.4, -0.2) is 10.2 Å². The highest BCUT2D eigenvalue weighted by Gasteiger charge is 2.17. The van der Waals surface area contributed by atoms with Gasteiger partial charge in [-0.05, 0) is 36.3 Å². The molecule has 1 aromatic rings. The molecule has 2 heteroatoms. The van der Waals surface area contributed by atoms with E-state index < -0.39 is 0 Å². The number of unbranched alkanes of at least 4 members (excludes halogenated alkanes) is 6. The highest BCUT2D eigenvalue weighted by atomic mass is 16.3. The van der Waals surface area contributed by atoms with Crippen molar-refractivity contribution in [2.24, 2.45) is 0 Å². The topological polar surface area (TPSA) is 40.5 Å². The van der Waals surface area contributed by atoms with Crippen molar-refractivity contribution >= 4 is 0 Å². The number of hydrogen-bond acceptors (Lipinski definition) is 2. The van der Waals surface area contributed by atoms with Gasteiger partial charge in [0.2, 0.25) is 0 Å². The first kappa shape index (κ1) is 20.9. The van der Waals surface area contributed by atoms with Crippen molar-refractivity contribution in [3.05, 3.63) is 23.3 Å². The lowest BCUT2D eigenvalue weighted by Crippen LogP contribution is -2.00. The largest absolute Gasteiger partial charge is 0.504 e. The highest BCUT2D eigenvalue weighted by Crippen LogP contribution is 2.39. The lowest BCUT2D eigenvalue weighted by Gasteiger charge is -2.19. The van der Waals surface area contributed by atoms with Gasteiger partial charge in [-0.2, -0.15) is 0 Å². The smallest absolute Gasteiger partial charge is 0.160 e. The van der Waals surface area contributed by atoms with Gasteiger partial charge in [-0.25, -0.2) is 0 Å². The normalized spacial score (nSPS) is 13.8. The molecular formula is C22H38O2. The van der Waals surface area contributed by atoms with Crippen molar-refractivity contribution in [2.45, 2.75) is 104 Å². The zero-order chi connectivity index (χ0) is 17.9. The van der Waals surface area contributed by atoms with Crippen LogP contribution in [0.5, 0.6) is 11.5 Å². The van der Waals surface area contributed by atoms with Crippen LogP contribution in [0.4, 0.5) is 0 Å². The Morgan fingerprint density at radius 3 is 1.83 bits per heavy atom. The van der Waals surface area contributed by atoms with Gasteiger partial charge in [0, 0.05) is 5.56 Å². The number of aromatic hydroxyl groups is 2. The maximum Gasteiger partial charge on any atom is 0.160 e. The quantitative estimate of drug-likeness (QED) is 0.312. The summed E-state index contributed by atoms with van der Waals surface area (Å²) >= 11 is 0. The summed E-state index contributed by atoms with van der Waals surface area (Å²) in [6.45, 7) is 8.85. The molecular weight excluding hydrogens is 296 g/mol. The first-order valence-corrected chi connectivity index (χ1v) is 10.1. The Bertz CT molecular complexity index is 467. The van der Waals surface area contributed by atoms with Gasteiger partial charge in [-0.15, -0.1) is 0 Å². The standard InChI is InChI=1S/C22H38O2/c1-5-7-9-11-13-17(3)19-15-20(22(24)21(23)16-19)18(4)14-12-10-8-6-2/h15-18,23-24H,5-14H2,1-4H3. The van der Waals surface area contributed by atoms with E-state index in [-0.39, 0.29) is 11.5 Å². The number of phenols is 2. The maximum absolute atomic E-state index is 10.3. The van der Waals surface area contributed by atoms with E-state index in [2.05, 4.69) is 33.8 Å². The Labute approximate surface area is 149 Å². The van der Waals surface area contributed by atoms with E-state index in [0.29, 0.717) is 11.8 Å². The fraction of sp³-hybridized carbons (Fsp3) is 0.727. The summed E-state index contributed by atoms with van der Waals surface area (Å²) < 4.78 is 0. The Morgan fingerprint density at radius 2 is 1.29 bits per heavy atom. The van der Waals surface area contributed by atoms with E-state index in [9.17, 15) is 10.2 Å². The predicted molar refractivity (Wildman–Crippen MR) is 104 cm³/mol. The number of phenolic OH excluding ortho intramolecular Hbond substituents is 2. The van der Waals surface area contributed by atoms with E-state index in [1.165, 1.54) is 51.4 Å². The SMILES string of the molecule is CCCCCCC(C)c1cc(O)c(O)c(C(C)CCCCCC)c1. The number of hydrogen-bond donors (Lipinski definition) is 2. The molecule has 0 aliphatic rings. The first-order valence-electron chi connectivity index (χ1n) is 10.1. The van der Waals surface area contributed by atoms with Crippen molar-refractivity contribution in [1.29, 1.82) is 0 Å². The summed E-state index contributed by atoms with van der Waals surface area (Å²) in [6.07, 6.45) is 12.2. The lowest BCUT2D eigenvalue weighted by atomic mass is 9.88. The molecule has 2 atom stereocenters. The summed E-state index contributed by atoms with van der Waals surface area (Å²) in [5.41, 5.74) is 2.08. The van der Waals surface area contributed by atoms with Crippen LogP contribution >= 0.6 is 0 Å². The van der Waals surface area contributed by atoms with Gasteiger partial charge in [-0.1, -0.05) is 85.1 Å². The number of rotatable bonds is 12. The second kappa shape index (κ2) is 11.4. The maximum atomic E-state index is 10.3. The minimum Gasteiger partial charge on any atom is -0.504 e. The van der Waals surface area contributed by atoms with Crippen molar-refractivity contribution in [2.75, 3.05) is 0 Å². The van der Waals surface area contributed by atoms with Gasteiger partial charge >= 0.3 is 0 Å². The Hall–Kier alpha value is -1.18. The summed E-state index contributed by atoms with van der Waals surface area (Å²) in [6, 6.07) is 3.89. The van der Waals surface area contributed by atoms with Crippen molar-refractivity contribution < 1.29 is 10.2 Å². The van der Waals surface area contributed by atoms with Gasteiger partial charge in [0.1, 0.15) is 0 Å². The molecule has 0 saturated carbocycles. The summed E-state index contributed by atoms with van der Waals surface area (Å²) in [4.78, 5) is 0. The minimum atomic E-state index is 0.0447. The van der Waals surface area contributed by atoms with Crippen LogP contribution in [0.15, 0.2) is 12.1 Å². The Balaban J connectivity index is 2.73. The molecule has 24 heavy (non-hydrogen) atoms. The lowest BCUT2D eigenvalue weighted by molar-refractivity contribution is 0.393. The molecule has 0 amide bonds. The summed E-state index contributed by atoms with van der Waals surface area (Å²) in [5, 5.41) is 20.4. The predicted octanol–water partition coefficient (Wildman–Crippen LogP) is 7.25. The molecule has 0 aromatic heterocycles. The Morgan fingerprint density at radius 1 is 0.750 bits per heavy atom. The van der Waals surface area contributed by atoms with E-state index in [4.69, 9.17) is 0 Å². The average Bonchev–Trinajstić information content (AvgIpc) is 2.57. The van der Waals surface area contributed by atoms with Crippen molar-refractivity contribution in [3.8, 4) is 11.5 Å².